The fraction of sp³-hybridized carbons (Fsp3) is 0.375. The SMILES string of the molecule is CCNC(=O)C1(Cc2cc(-c3ccccc3)no2)CCCN(Cc2ccncc2)C1. The lowest BCUT2D eigenvalue weighted by Gasteiger charge is -2.41. The van der Waals surface area contributed by atoms with Crippen LogP contribution < -0.4 is 5.32 Å². The van der Waals surface area contributed by atoms with Crippen LogP contribution in [0.4, 0.5) is 0 Å². The van der Waals surface area contributed by atoms with Crippen LogP contribution in [0.2, 0.25) is 0 Å². The van der Waals surface area contributed by atoms with Gasteiger partial charge < -0.3 is 9.84 Å². The van der Waals surface area contributed by atoms with Gasteiger partial charge in [0.2, 0.25) is 5.91 Å². The first-order chi connectivity index (χ1) is 14.7. The minimum Gasteiger partial charge on any atom is -0.361 e. The third-order valence-electron chi connectivity index (χ3n) is 5.77. The van der Waals surface area contributed by atoms with Crippen LogP contribution in [0.1, 0.15) is 31.1 Å². The van der Waals surface area contributed by atoms with Crippen LogP contribution in [0.3, 0.4) is 0 Å². The first-order valence-electron chi connectivity index (χ1n) is 10.6. The molecule has 1 aliphatic heterocycles. The number of aromatic nitrogens is 2. The monoisotopic (exact) mass is 404 g/mol. The van der Waals surface area contributed by atoms with E-state index < -0.39 is 5.41 Å². The number of nitrogens with zero attached hydrogens (tertiary/aromatic N) is 3. The number of amides is 1. The van der Waals surface area contributed by atoms with Crippen LogP contribution >= 0.6 is 0 Å². The van der Waals surface area contributed by atoms with E-state index in [4.69, 9.17) is 4.52 Å². The van der Waals surface area contributed by atoms with Gasteiger partial charge in [-0.05, 0) is 44.0 Å². The van der Waals surface area contributed by atoms with Crippen LogP contribution in [0.15, 0.2) is 65.4 Å². The Balaban J connectivity index is 1.55. The van der Waals surface area contributed by atoms with Crippen LogP contribution in [-0.4, -0.2) is 40.6 Å². The molecular formula is C24H28N4O2. The molecule has 1 N–H and O–H groups in total. The maximum Gasteiger partial charge on any atom is 0.227 e. The van der Waals surface area contributed by atoms with Crippen molar-refractivity contribution in [2.45, 2.75) is 32.7 Å². The van der Waals surface area contributed by atoms with Gasteiger partial charge in [0, 0.05) is 50.1 Å². The molecule has 0 spiro atoms. The molecule has 1 aromatic carbocycles. The maximum absolute atomic E-state index is 13.2. The van der Waals surface area contributed by atoms with E-state index in [0.29, 0.717) is 19.5 Å². The number of hydrogen-bond acceptors (Lipinski definition) is 5. The van der Waals surface area contributed by atoms with Gasteiger partial charge in [0.25, 0.3) is 0 Å². The van der Waals surface area contributed by atoms with Crippen molar-refractivity contribution in [2.24, 2.45) is 5.41 Å². The van der Waals surface area contributed by atoms with Gasteiger partial charge in [0.1, 0.15) is 11.5 Å². The summed E-state index contributed by atoms with van der Waals surface area (Å²) in [6.07, 6.45) is 5.99. The van der Waals surface area contributed by atoms with Crippen molar-refractivity contribution in [3.63, 3.8) is 0 Å². The van der Waals surface area contributed by atoms with E-state index in [2.05, 4.69) is 20.4 Å². The molecule has 0 bridgehead atoms. The minimum absolute atomic E-state index is 0.0992. The molecule has 156 valence electrons. The largest absolute Gasteiger partial charge is 0.361 e. The van der Waals surface area contributed by atoms with Gasteiger partial charge in [-0.2, -0.15) is 0 Å². The zero-order chi connectivity index (χ0) is 20.8. The van der Waals surface area contributed by atoms with E-state index in [0.717, 1.165) is 42.9 Å². The van der Waals surface area contributed by atoms with Gasteiger partial charge in [0.15, 0.2) is 0 Å². The normalized spacial score (nSPS) is 19.5. The molecule has 1 atom stereocenters. The van der Waals surface area contributed by atoms with Gasteiger partial charge in [-0.3, -0.25) is 14.7 Å². The molecule has 6 nitrogen and oxygen atoms in total. The van der Waals surface area contributed by atoms with Gasteiger partial charge in [-0.15, -0.1) is 0 Å². The molecule has 1 fully saturated rings. The number of rotatable bonds is 7. The zero-order valence-corrected chi connectivity index (χ0v) is 17.4. The Kier molecular flexibility index (Phi) is 6.23. The van der Waals surface area contributed by atoms with E-state index in [1.807, 2.05) is 67.8 Å². The Morgan fingerprint density at radius 1 is 1.20 bits per heavy atom. The van der Waals surface area contributed by atoms with Crippen molar-refractivity contribution < 1.29 is 9.32 Å². The summed E-state index contributed by atoms with van der Waals surface area (Å²) in [6.45, 7) is 5.08. The highest BCUT2D eigenvalue weighted by Gasteiger charge is 2.43. The lowest BCUT2D eigenvalue weighted by Crippen LogP contribution is -2.52. The Morgan fingerprint density at radius 2 is 2.00 bits per heavy atom. The summed E-state index contributed by atoms with van der Waals surface area (Å²) in [7, 11) is 0. The summed E-state index contributed by atoms with van der Waals surface area (Å²) in [5, 5.41) is 7.31. The Bertz CT molecular complexity index is 958. The number of hydrogen-bond donors (Lipinski definition) is 1. The van der Waals surface area contributed by atoms with Crippen molar-refractivity contribution in [1.82, 2.24) is 20.4 Å². The third kappa shape index (κ3) is 4.60. The molecular weight excluding hydrogens is 376 g/mol. The molecule has 1 unspecified atom stereocenters. The molecule has 6 heteroatoms. The number of pyridine rings is 1. The van der Waals surface area contributed by atoms with Gasteiger partial charge in [-0.25, -0.2) is 0 Å². The number of carbonyl (C=O) groups is 1. The molecule has 0 saturated carbocycles. The van der Waals surface area contributed by atoms with Gasteiger partial charge in [0.05, 0.1) is 5.41 Å². The smallest absolute Gasteiger partial charge is 0.227 e. The van der Waals surface area contributed by atoms with Crippen molar-refractivity contribution in [1.29, 1.82) is 0 Å². The fourth-order valence-corrected chi connectivity index (χ4v) is 4.34. The third-order valence-corrected chi connectivity index (χ3v) is 5.77. The lowest BCUT2D eigenvalue weighted by atomic mass is 9.75. The molecule has 0 aliphatic carbocycles. The number of nitrogens with one attached hydrogen (secondary N) is 1. The highest BCUT2D eigenvalue weighted by molar-refractivity contribution is 5.83. The molecule has 30 heavy (non-hydrogen) atoms. The average Bonchev–Trinajstić information content (AvgIpc) is 3.24. The summed E-state index contributed by atoms with van der Waals surface area (Å²) in [6, 6.07) is 16.0. The summed E-state index contributed by atoms with van der Waals surface area (Å²) in [4.78, 5) is 19.7. The molecule has 2 aromatic heterocycles. The van der Waals surface area contributed by atoms with Gasteiger partial charge >= 0.3 is 0 Å². The standard InChI is InChI=1S/C24H28N4O2/c1-2-26-23(29)24(11-6-14-28(18-24)17-19-9-12-25-13-10-19)16-21-15-22(27-30-21)20-7-4-3-5-8-20/h3-5,7-10,12-13,15H,2,6,11,14,16-18H2,1H3,(H,26,29). The minimum atomic E-state index is -0.519. The summed E-state index contributed by atoms with van der Waals surface area (Å²) >= 11 is 0. The van der Waals surface area contributed by atoms with Gasteiger partial charge in [-0.1, -0.05) is 35.5 Å². The van der Waals surface area contributed by atoms with Crippen LogP contribution in [0, 0.1) is 5.41 Å². The molecule has 3 aromatic rings. The molecule has 4 rings (SSSR count). The molecule has 3 heterocycles. The van der Waals surface area contributed by atoms with E-state index in [1.54, 1.807) is 0 Å². The number of likely N-dealkylation sites (tertiary alicyclic amines) is 1. The second-order valence-corrected chi connectivity index (χ2v) is 8.03. The van der Waals surface area contributed by atoms with Crippen LogP contribution in [-0.2, 0) is 17.8 Å². The second kappa shape index (κ2) is 9.22. The first-order valence-corrected chi connectivity index (χ1v) is 10.6. The van der Waals surface area contributed by atoms with E-state index in [1.165, 1.54) is 5.56 Å². The maximum atomic E-state index is 13.2. The van der Waals surface area contributed by atoms with Crippen LogP contribution in [0.5, 0.6) is 0 Å². The summed E-state index contributed by atoms with van der Waals surface area (Å²) in [5.41, 5.74) is 2.51. The topological polar surface area (TPSA) is 71.3 Å². The highest BCUT2D eigenvalue weighted by Crippen LogP contribution is 2.35. The van der Waals surface area contributed by atoms with Crippen molar-refractivity contribution in [3.05, 3.63) is 72.2 Å². The summed E-state index contributed by atoms with van der Waals surface area (Å²) in [5.74, 6) is 0.855. The number of piperidine rings is 1. The molecule has 1 aliphatic rings. The number of benzene rings is 1. The highest BCUT2D eigenvalue weighted by atomic mass is 16.5. The number of carbonyl (C=O) groups excluding carboxylic acids is 1. The first kappa shape index (κ1) is 20.3. The quantitative estimate of drug-likeness (QED) is 0.650. The van der Waals surface area contributed by atoms with E-state index >= 15 is 0 Å². The summed E-state index contributed by atoms with van der Waals surface area (Å²) < 4.78 is 5.67. The molecule has 0 radical (unpaired) electrons. The predicted octanol–water partition coefficient (Wildman–Crippen LogP) is 3.70. The fourth-order valence-electron chi connectivity index (χ4n) is 4.34. The Hall–Kier alpha value is -2.99. The van der Waals surface area contributed by atoms with E-state index in [9.17, 15) is 4.79 Å². The van der Waals surface area contributed by atoms with Crippen LogP contribution in [0.25, 0.3) is 11.3 Å². The zero-order valence-electron chi connectivity index (χ0n) is 17.4. The second-order valence-electron chi connectivity index (χ2n) is 8.03. The molecule has 1 amide bonds. The van der Waals surface area contributed by atoms with E-state index in [-0.39, 0.29) is 5.91 Å². The van der Waals surface area contributed by atoms with Crippen molar-refractivity contribution in [3.8, 4) is 11.3 Å². The Labute approximate surface area is 177 Å². The molecule has 1 saturated heterocycles. The Morgan fingerprint density at radius 3 is 2.77 bits per heavy atom. The predicted molar refractivity (Wildman–Crippen MR) is 116 cm³/mol. The lowest BCUT2D eigenvalue weighted by molar-refractivity contribution is -0.134. The average molecular weight is 405 g/mol. The van der Waals surface area contributed by atoms with Crippen molar-refractivity contribution >= 4 is 5.91 Å². The van der Waals surface area contributed by atoms with Crippen molar-refractivity contribution in [2.75, 3.05) is 19.6 Å².